The van der Waals surface area contributed by atoms with Crippen LogP contribution < -0.4 is 10.7 Å². The Bertz CT molecular complexity index is 910. The lowest BCUT2D eigenvalue weighted by molar-refractivity contribution is -0.179. The zero-order chi connectivity index (χ0) is 20.6. The molecule has 154 valence electrons. The molecule has 3 aliphatic heterocycles. The minimum atomic E-state index is -4.36. The lowest BCUT2D eigenvalue weighted by Gasteiger charge is -2.39. The van der Waals surface area contributed by atoms with Gasteiger partial charge < -0.3 is 10.2 Å². The Morgan fingerprint density at radius 1 is 1.28 bits per heavy atom. The molecule has 4 heterocycles. The van der Waals surface area contributed by atoms with Crippen molar-refractivity contribution in [3.8, 4) is 0 Å². The van der Waals surface area contributed by atoms with Crippen molar-refractivity contribution >= 4 is 17.4 Å². The molecule has 1 aromatic heterocycles. The van der Waals surface area contributed by atoms with Crippen LogP contribution in [0.15, 0.2) is 47.1 Å². The maximum Gasteiger partial charge on any atom is 0.408 e. The summed E-state index contributed by atoms with van der Waals surface area (Å²) >= 11 is 0. The van der Waals surface area contributed by atoms with Gasteiger partial charge in [0.15, 0.2) is 5.82 Å². The average molecular weight is 410 g/mol. The van der Waals surface area contributed by atoms with Crippen LogP contribution in [0, 0.1) is 5.82 Å². The first-order valence-corrected chi connectivity index (χ1v) is 9.11. The Balaban J connectivity index is 1.61. The van der Waals surface area contributed by atoms with Crippen LogP contribution in [0.3, 0.4) is 0 Å². The van der Waals surface area contributed by atoms with Gasteiger partial charge >= 0.3 is 6.18 Å². The molecule has 29 heavy (non-hydrogen) atoms. The number of amides is 1. The topological polar surface area (TPSA) is 72.9 Å². The number of nitrogens with one attached hydrogen (secondary N) is 2. The number of anilines is 1. The van der Waals surface area contributed by atoms with E-state index >= 15 is 0 Å². The molecule has 1 saturated heterocycles. The van der Waals surface area contributed by atoms with Gasteiger partial charge in [-0.05, 0) is 25.3 Å². The molecule has 1 unspecified atom stereocenters. The maximum atomic E-state index is 13.4. The third-order valence-corrected chi connectivity index (χ3v) is 4.93. The Labute approximate surface area is 163 Å². The standard InChI is InChI=1S/C18H18F4N6O/c19-11-7-12(9-23-8-11)25-17(29)13-10-24-28-6-4-15(26-16(13)28)27-5-2-1-3-14(27)18(20,21)22/h4,6-9,14,24H,1-3,5,10H2,(H,25,29). The summed E-state index contributed by atoms with van der Waals surface area (Å²) in [6.07, 6.45) is 2.14. The third kappa shape index (κ3) is 3.95. The van der Waals surface area contributed by atoms with E-state index in [1.165, 1.54) is 22.2 Å². The molecule has 2 N–H and O–H groups in total. The number of fused-ring (bicyclic) bond motifs is 1. The molecule has 1 amide bonds. The molecule has 0 aliphatic carbocycles. The predicted octanol–water partition coefficient (Wildman–Crippen LogP) is 2.53. The summed E-state index contributed by atoms with van der Waals surface area (Å²) in [4.78, 5) is 21.9. The van der Waals surface area contributed by atoms with E-state index in [2.05, 4.69) is 20.7 Å². The van der Waals surface area contributed by atoms with Gasteiger partial charge in [0.05, 0.1) is 23.7 Å². The predicted molar refractivity (Wildman–Crippen MR) is 96.7 cm³/mol. The number of carbonyl (C=O) groups is 1. The molecule has 7 nitrogen and oxygen atoms in total. The van der Waals surface area contributed by atoms with Gasteiger partial charge in [0.2, 0.25) is 0 Å². The zero-order valence-electron chi connectivity index (χ0n) is 15.2. The van der Waals surface area contributed by atoms with Gasteiger partial charge in [-0.3, -0.25) is 14.8 Å². The fraction of sp³-hybridized carbons (Fsp3) is 0.389. The highest BCUT2D eigenvalue weighted by Crippen LogP contribution is 2.33. The van der Waals surface area contributed by atoms with E-state index < -0.39 is 23.9 Å². The van der Waals surface area contributed by atoms with Crippen LogP contribution >= 0.6 is 0 Å². The van der Waals surface area contributed by atoms with Gasteiger partial charge in [0, 0.05) is 25.4 Å². The number of nitrogens with zero attached hydrogens (tertiary/aromatic N) is 4. The molecule has 3 aliphatic rings. The molecule has 11 heteroatoms. The van der Waals surface area contributed by atoms with Crippen LogP contribution in [0.4, 0.5) is 23.2 Å². The number of amidine groups is 1. The molecule has 0 saturated carbocycles. The number of halogens is 4. The quantitative estimate of drug-likeness (QED) is 0.734. The first-order valence-electron chi connectivity index (χ1n) is 9.11. The number of hydrogen-bond donors (Lipinski definition) is 2. The molecule has 1 fully saturated rings. The lowest BCUT2D eigenvalue weighted by Crippen LogP contribution is -2.51. The van der Waals surface area contributed by atoms with Crippen LogP contribution in [-0.4, -0.2) is 51.9 Å². The highest BCUT2D eigenvalue weighted by atomic mass is 19.4. The average Bonchev–Trinajstić information content (AvgIpc) is 3.10. The van der Waals surface area contributed by atoms with Crippen molar-refractivity contribution < 1.29 is 22.4 Å². The molecule has 4 rings (SSSR count). The highest BCUT2D eigenvalue weighted by molar-refractivity contribution is 6.05. The Morgan fingerprint density at radius 2 is 2.10 bits per heavy atom. The van der Waals surface area contributed by atoms with Crippen LogP contribution in [0.2, 0.25) is 0 Å². The summed E-state index contributed by atoms with van der Waals surface area (Å²) in [5, 5.41) is 4.01. The summed E-state index contributed by atoms with van der Waals surface area (Å²) in [5.74, 6) is -0.752. The fourth-order valence-electron chi connectivity index (χ4n) is 3.57. The summed E-state index contributed by atoms with van der Waals surface area (Å²) in [5.41, 5.74) is 3.33. The smallest absolute Gasteiger partial charge is 0.344 e. The maximum absolute atomic E-state index is 13.4. The first kappa shape index (κ1) is 19.4. The molecule has 0 spiro atoms. The minimum absolute atomic E-state index is 0.0112. The molecule has 0 radical (unpaired) electrons. The van der Waals surface area contributed by atoms with Gasteiger partial charge in [-0.25, -0.2) is 14.8 Å². The van der Waals surface area contributed by atoms with Gasteiger partial charge in [0.1, 0.15) is 17.7 Å². The van der Waals surface area contributed by atoms with Crippen LogP contribution in [0.5, 0.6) is 0 Å². The number of hydrazine groups is 1. The summed E-state index contributed by atoms with van der Waals surface area (Å²) in [6, 6.07) is -0.482. The fourth-order valence-corrected chi connectivity index (χ4v) is 3.57. The second-order valence-electron chi connectivity index (χ2n) is 6.89. The molecular weight excluding hydrogens is 392 g/mol. The zero-order valence-corrected chi connectivity index (χ0v) is 15.2. The SMILES string of the molecule is O=C(Nc1cncc(F)c1)C1=C2N=C(N3CCCCC3C(F)(F)F)C=CN2NC1. The van der Waals surface area contributed by atoms with E-state index in [0.29, 0.717) is 12.8 Å². The van der Waals surface area contributed by atoms with Crippen molar-refractivity contribution in [3.63, 3.8) is 0 Å². The van der Waals surface area contributed by atoms with Crippen molar-refractivity contribution in [2.45, 2.75) is 31.5 Å². The van der Waals surface area contributed by atoms with Gasteiger partial charge in [-0.1, -0.05) is 0 Å². The van der Waals surface area contributed by atoms with Crippen LogP contribution in [-0.2, 0) is 4.79 Å². The first-order chi connectivity index (χ1) is 13.8. The largest absolute Gasteiger partial charge is 0.408 e. The Morgan fingerprint density at radius 3 is 2.86 bits per heavy atom. The van der Waals surface area contributed by atoms with Gasteiger partial charge in [0.25, 0.3) is 5.91 Å². The Kier molecular flexibility index (Phi) is 4.99. The van der Waals surface area contributed by atoms with E-state index in [1.807, 2.05) is 0 Å². The van der Waals surface area contributed by atoms with Gasteiger partial charge in [-0.2, -0.15) is 13.2 Å². The summed E-state index contributed by atoms with van der Waals surface area (Å²) in [7, 11) is 0. The number of carbonyl (C=O) groups excluding carboxylic acids is 1. The van der Waals surface area contributed by atoms with Crippen molar-refractivity contribution in [1.29, 1.82) is 0 Å². The summed E-state index contributed by atoms with van der Waals surface area (Å²) < 4.78 is 53.6. The number of aromatic nitrogens is 1. The van der Waals surface area contributed by atoms with E-state index in [-0.39, 0.29) is 42.4 Å². The van der Waals surface area contributed by atoms with E-state index in [1.54, 1.807) is 6.20 Å². The number of alkyl halides is 3. The van der Waals surface area contributed by atoms with Crippen molar-refractivity contribution in [2.24, 2.45) is 4.99 Å². The number of hydrogen-bond acceptors (Lipinski definition) is 6. The normalized spacial score (nSPS) is 21.9. The van der Waals surface area contributed by atoms with E-state index in [4.69, 9.17) is 0 Å². The lowest BCUT2D eigenvalue weighted by atomic mass is 10.0. The number of aliphatic imine (C=N–C) groups is 1. The molecule has 1 atom stereocenters. The number of rotatable bonds is 2. The number of likely N-dealkylation sites (tertiary alicyclic amines) is 1. The number of piperidine rings is 1. The number of pyridine rings is 1. The van der Waals surface area contributed by atoms with Crippen LogP contribution in [0.25, 0.3) is 0 Å². The van der Waals surface area contributed by atoms with Crippen molar-refractivity contribution in [3.05, 3.63) is 47.9 Å². The monoisotopic (exact) mass is 410 g/mol. The second kappa shape index (κ2) is 7.47. The van der Waals surface area contributed by atoms with E-state index in [0.717, 1.165) is 12.3 Å². The van der Waals surface area contributed by atoms with Crippen molar-refractivity contribution in [2.75, 3.05) is 18.4 Å². The molecule has 0 aromatic carbocycles. The summed E-state index contributed by atoms with van der Waals surface area (Å²) in [6.45, 7) is 0.373. The Hall–Kier alpha value is -2.95. The minimum Gasteiger partial charge on any atom is -0.344 e. The van der Waals surface area contributed by atoms with Crippen molar-refractivity contribution in [1.82, 2.24) is 20.3 Å². The molecule has 0 bridgehead atoms. The molecule has 1 aromatic rings. The second-order valence-corrected chi connectivity index (χ2v) is 6.89. The van der Waals surface area contributed by atoms with Crippen LogP contribution in [0.1, 0.15) is 19.3 Å². The highest BCUT2D eigenvalue weighted by Gasteiger charge is 2.45. The van der Waals surface area contributed by atoms with E-state index in [9.17, 15) is 22.4 Å². The van der Waals surface area contributed by atoms with Gasteiger partial charge in [-0.15, -0.1) is 0 Å². The third-order valence-electron chi connectivity index (χ3n) is 4.93. The molecular formula is C18H18F4N6O.